The first-order valence-electron chi connectivity index (χ1n) is 8.41. The first-order chi connectivity index (χ1) is 12.2. The molecule has 2 aliphatic rings. The molecule has 0 radical (unpaired) electrons. The molecular formula is C17H19ClN4O3. The van der Waals surface area contributed by atoms with Gasteiger partial charge in [-0.3, -0.25) is 4.90 Å². The van der Waals surface area contributed by atoms with Gasteiger partial charge >= 0.3 is 5.97 Å². The van der Waals surface area contributed by atoms with Crippen LogP contribution in [0.5, 0.6) is 0 Å². The molecule has 0 amide bonds. The van der Waals surface area contributed by atoms with Gasteiger partial charge in [-0.25, -0.2) is 9.48 Å². The van der Waals surface area contributed by atoms with Crippen molar-refractivity contribution in [3.05, 3.63) is 41.2 Å². The van der Waals surface area contributed by atoms with Crippen LogP contribution in [-0.2, 0) is 9.47 Å². The van der Waals surface area contributed by atoms with Crippen molar-refractivity contribution >= 4 is 17.6 Å². The second kappa shape index (κ2) is 7.11. The van der Waals surface area contributed by atoms with Gasteiger partial charge in [-0.1, -0.05) is 28.9 Å². The Balaban J connectivity index is 1.31. The first kappa shape index (κ1) is 16.5. The molecule has 2 aliphatic heterocycles. The highest BCUT2D eigenvalue weighted by Crippen LogP contribution is 2.25. The van der Waals surface area contributed by atoms with E-state index in [0.717, 1.165) is 25.9 Å². The number of nitrogens with zero attached hydrogens (tertiary/aromatic N) is 4. The zero-order valence-electron chi connectivity index (χ0n) is 13.7. The van der Waals surface area contributed by atoms with Gasteiger partial charge in [0.2, 0.25) is 0 Å². The van der Waals surface area contributed by atoms with E-state index in [2.05, 4.69) is 15.2 Å². The molecule has 8 heteroatoms. The number of hydrogen-bond donors (Lipinski definition) is 0. The third-order valence-corrected chi connectivity index (χ3v) is 4.88. The number of morpholine rings is 1. The van der Waals surface area contributed by atoms with Gasteiger partial charge in [0.05, 0.1) is 29.1 Å². The highest BCUT2D eigenvalue weighted by molar-refractivity contribution is 6.32. The van der Waals surface area contributed by atoms with Crippen LogP contribution in [0.15, 0.2) is 30.5 Å². The van der Waals surface area contributed by atoms with E-state index in [1.807, 2.05) is 12.1 Å². The highest BCUT2D eigenvalue weighted by Gasteiger charge is 2.33. The van der Waals surface area contributed by atoms with Crippen LogP contribution in [0.1, 0.15) is 23.3 Å². The van der Waals surface area contributed by atoms with Crippen LogP contribution in [0.25, 0.3) is 5.69 Å². The summed E-state index contributed by atoms with van der Waals surface area (Å²) in [5.74, 6) is -0.477. The number of esters is 1. The molecule has 2 saturated heterocycles. The van der Waals surface area contributed by atoms with Gasteiger partial charge in [0.1, 0.15) is 6.61 Å². The summed E-state index contributed by atoms with van der Waals surface area (Å²) in [4.78, 5) is 14.4. The number of ether oxygens (including phenoxy) is 2. The fraction of sp³-hybridized carbons (Fsp3) is 0.471. The normalized spacial score (nSPS) is 22.9. The Kier molecular flexibility index (Phi) is 4.70. The van der Waals surface area contributed by atoms with Crippen LogP contribution >= 0.6 is 11.6 Å². The van der Waals surface area contributed by atoms with Crippen molar-refractivity contribution in [2.24, 2.45) is 0 Å². The first-order valence-corrected chi connectivity index (χ1v) is 8.79. The molecule has 132 valence electrons. The summed E-state index contributed by atoms with van der Waals surface area (Å²) in [6, 6.07) is 7.23. The van der Waals surface area contributed by atoms with Crippen LogP contribution in [0.2, 0.25) is 5.02 Å². The smallest absolute Gasteiger partial charge is 0.360 e. The summed E-state index contributed by atoms with van der Waals surface area (Å²) in [5.41, 5.74) is 0.835. The number of benzene rings is 1. The molecular weight excluding hydrogens is 344 g/mol. The number of halogens is 1. The zero-order valence-corrected chi connectivity index (χ0v) is 14.4. The Bertz CT molecular complexity index is 754. The van der Waals surface area contributed by atoms with Crippen LogP contribution in [0, 0.1) is 0 Å². The summed E-state index contributed by atoms with van der Waals surface area (Å²) in [6.45, 7) is 2.87. The van der Waals surface area contributed by atoms with E-state index in [1.54, 1.807) is 12.1 Å². The fourth-order valence-corrected chi connectivity index (χ4v) is 3.56. The van der Waals surface area contributed by atoms with E-state index >= 15 is 0 Å². The Morgan fingerprint density at radius 1 is 1.28 bits per heavy atom. The largest absolute Gasteiger partial charge is 0.460 e. The minimum Gasteiger partial charge on any atom is -0.460 e. The van der Waals surface area contributed by atoms with Crippen LogP contribution in [0.4, 0.5) is 0 Å². The van der Waals surface area contributed by atoms with Crippen molar-refractivity contribution in [2.75, 3.05) is 26.2 Å². The third kappa shape index (κ3) is 3.68. The molecule has 0 aliphatic carbocycles. The van der Waals surface area contributed by atoms with Crippen LogP contribution < -0.4 is 0 Å². The number of carbonyl (C=O) groups excluding carboxylic acids is 1. The molecule has 0 spiro atoms. The molecule has 2 fully saturated rings. The maximum atomic E-state index is 12.1. The Hall–Kier alpha value is -1.96. The third-order valence-electron chi connectivity index (χ3n) is 4.56. The van der Waals surface area contributed by atoms with Crippen LogP contribution in [-0.4, -0.2) is 64.3 Å². The van der Waals surface area contributed by atoms with Gasteiger partial charge in [-0.2, -0.15) is 0 Å². The maximum absolute atomic E-state index is 12.1. The lowest BCUT2D eigenvalue weighted by molar-refractivity contribution is -0.0431. The number of carbonyl (C=O) groups is 1. The average Bonchev–Trinajstić information content (AvgIpc) is 3.22. The van der Waals surface area contributed by atoms with E-state index < -0.39 is 5.97 Å². The predicted octanol–water partition coefficient (Wildman–Crippen LogP) is 1.94. The molecule has 7 nitrogen and oxygen atoms in total. The lowest BCUT2D eigenvalue weighted by Gasteiger charge is -2.31. The molecule has 2 atom stereocenters. The zero-order chi connectivity index (χ0) is 17.2. The van der Waals surface area contributed by atoms with Crippen LogP contribution in [0.3, 0.4) is 0 Å². The molecule has 25 heavy (non-hydrogen) atoms. The van der Waals surface area contributed by atoms with Gasteiger partial charge in [0, 0.05) is 19.6 Å². The number of aromatic nitrogens is 3. The quantitative estimate of drug-likeness (QED) is 0.757. The average molecular weight is 363 g/mol. The lowest BCUT2D eigenvalue weighted by Crippen LogP contribution is -2.44. The molecule has 2 unspecified atom stereocenters. The van der Waals surface area contributed by atoms with E-state index in [1.165, 1.54) is 10.9 Å². The summed E-state index contributed by atoms with van der Waals surface area (Å²) >= 11 is 6.13. The van der Waals surface area contributed by atoms with E-state index in [4.69, 9.17) is 21.1 Å². The Labute approximate surface area is 150 Å². The number of hydrogen-bond acceptors (Lipinski definition) is 6. The Morgan fingerprint density at radius 3 is 2.80 bits per heavy atom. The second-order valence-corrected chi connectivity index (χ2v) is 6.76. The minimum atomic E-state index is -0.477. The molecule has 3 heterocycles. The molecule has 1 aromatic carbocycles. The van der Waals surface area contributed by atoms with Gasteiger partial charge in [0.25, 0.3) is 0 Å². The minimum absolute atomic E-state index is 0.168. The second-order valence-electron chi connectivity index (χ2n) is 6.35. The SMILES string of the molecule is O=C(OCCN1CC2CCC(C1)O2)c1cn(-c2ccccc2Cl)nn1. The molecule has 4 rings (SSSR count). The van der Waals surface area contributed by atoms with Crippen molar-refractivity contribution in [3.63, 3.8) is 0 Å². The number of rotatable bonds is 5. The van der Waals surface area contributed by atoms with Gasteiger partial charge < -0.3 is 9.47 Å². The van der Waals surface area contributed by atoms with Crippen molar-refractivity contribution in [1.82, 2.24) is 19.9 Å². The highest BCUT2D eigenvalue weighted by atomic mass is 35.5. The predicted molar refractivity (Wildman–Crippen MR) is 91.0 cm³/mol. The fourth-order valence-electron chi connectivity index (χ4n) is 3.34. The monoisotopic (exact) mass is 362 g/mol. The summed E-state index contributed by atoms with van der Waals surface area (Å²) in [6.07, 6.45) is 4.46. The summed E-state index contributed by atoms with van der Waals surface area (Å²) in [5, 5.41) is 8.36. The number of likely N-dealkylation sites (tertiary alicyclic amines) is 1. The summed E-state index contributed by atoms with van der Waals surface area (Å²) in [7, 11) is 0. The lowest BCUT2D eigenvalue weighted by atomic mass is 10.2. The molecule has 0 N–H and O–H groups in total. The van der Waals surface area contributed by atoms with E-state index in [0.29, 0.717) is 36.1 Å². The number of fused-ring (bicyclic) bond motifs is 2. The van der Waals surface area contributed by atoms with Crippen molar-refractivity contribution < 1.29 is 14.3 Å². The van der Waals surface area contributed by atoms with Crippen molar-refractivity contribution in [3.8, 4) is 5.69 Å². The standard InChI is InChI=1S/C17H19ClN4O3/c18-14-3-1-2-4-16(14)22-11-15(19-20-22)17(23)24-8-7-21-9-12-5-6-13(10-21)25-12/h1-4,11-13H,5-10H2. The maximum Gasteiger partial charge on any atom is 0.360 e. The van der Waals surface area contributed by atoms with Gasteiger partial charge in [-0.05, 0) is 25.0 Å². The van der Waals surface area contributed by atoms with Crippen molar-refractivity contribution in [2.45, 2.75) is 25.0 Å². The van der Waals surface area contributed by atoms with Gasteiger partial charge in [-0.15, -0.1) is 5.10 Å². The van der Waals surface area contributed by atoms with E-state index in [-0.39, 0.29) is 5.69 Å². The molecule has 0 saturated carbocycles. The van der Waals surface area contributed by atoms with E-state index in [9.17, 15) is 4.79 Å². The Morgan fingerprint density at radius 2 is 2.04 bits per heavy atom. The number of para-hydroxylation sites is 1. The van der Waals surface area contributed by atoms with Crippen molar-refractivity contribution in [1.29, 1.82) is 0 Å². The van der Waals surface area contributed by atoms with Gasteiger partial charge in [0.15, 0.2) is 5.69 Å². The topological polar surface area (TPSA) is 69.5 Å². The molecule has 2 bridgehead atoms. The molecule has 2 aromatic rings. The summed E-state index contributed by atoms with van der Waals surface area (Å²) < 4.78 is 12.6. The molecule has 1 aromatic heterocycles.